The zero-order valence-electron chi connectivity index (χ0n) is 19.5. The monoisotopic (exact) mass is 529 g/mol. The van der Waals surface area contributed by atoms with Gasteiger partial charge in [-0.1, -0.05) is 41.7 Å². The lowest BCUT2D eigenvalue weighted by Gasteiger charge is -2.11. The minimum Gasteiger partial charge on any atom is -0.462 e. The molecule has 0 radical (unpaired) electrons. The van der Waals surface area contributed by atoms with Gasteiger partial charge in [-0.15, -0.1) is 11.3 Å². The average molecular weight is 530 g/mol. The summed E-state index contributed by atoms with van der Waals surface area (Å²) in [5.41, 5.74) is 6.57. The fourth-order valence-electron chi connectivity index (χ4n) is 3.24. The van der Waals surface area contributed by atoms with Gasteiger partial charge >= 0.3 is 16.9 Å². The normalized spacial score (nSPS) is 11.9. The van der Waals surface area contributed by atoms with Gasteiger partial charge in [0.15, 0.2) is 5.78 Å². The van der Waals surface area contributed by atoms with Crippen LogP contribution in [0.3, 0.4) is 0 Å². The summed E-state index contributed by atoms with van der Waals surface area (Å²) >= 11 is 1.70. The SMILES string of the molecule is CCOC(=O)c1c(N=Cc2ccc([N+](=O)[O-])s2)sc(C(=O)[C@@H](N)Cc2ccccc2)c1C(=O)OCC. The van der Waals surface area contributed by atoms with Crippen molar-refractivity contribution in [3.05, 3.63) is 79.0 Å². The predicted molar refractivity (Wildman–Crippen MR) is 137 cm³/mol. The zero-order chi connectivity index (χ0) is 26.2. The summed E-state index contributed by atoms with van der Waals surface area (Å²) in [4.78, 5) is 54.3. The molecule has 0 saturated carbocycles. The molecular weight excluding hydrogens is 506 g/mol. The molecule has 3 rings (SSSR count). The fourth-order valence-corrected chi connectivity index (χ4v) is 5.05. The van der Waals surface area contributed by atoms with Gasteiger partial charge in [0.25, 0.3) is 0 Å². The molecule has 188 valence electrons. The first-order valence-corrected chi connectivity index (χ1v) is 12.5. The Kier molecular flexibility index (Phi) is 9.17. The molecular formula is C24H23N3O7S2. The maximum absolute atomic E-state index is 13.4. The van der Waals surface area contributed by atoms with Crippen LogP contribution in [0.15, 0.2) is 47.5 Å². The van der Waals surface area contributed by atoms with Crippen LogP contribution in [0.4, 0.5) is 10.0 Å². The fraction of sp³-hybridized carbons (Fsp3) is 0.250. The number of nitro groups is 1. The quantitative estimate of drug-likeness (QED) is 0.125. The summed E-state index contributed by atoms with van der Waals surface area (Å²) in [5.74, 6) is -2.28. The van der Waals surface area contributed by atoms with Crippen LogP contribution in [-0.4, -0.2) is 48.1 Å². The average Bonchev–Trinajstić information content (AvgIpc) is 3.48. The second kappa shape index (κ2) is 12.3. The molecule has 0 aliphatic carbocycles. The Morgan fingerprint density at radius 3 is 2.25 bits per heavy atom. The number of nitrogens with two attached hydrogens (primary N) is 1. The van der Waals surface area contributed by atoms with Crippen LogP contribution >= 0.6 is 22.7 Å². The Bertz CT molecular complexity index is 1300. The molecule has 0 fully saturated rings. The van der Waals surface area contributed by atoms with Crippen LogP contribution in [0.25, 0.3) is 0 Å². The van der Waals surface area contributed by atoms with Gasteiger partial charge in [-0.25, -0.2) is 14.6 Å². The number of rotatable bonds is 11. The predicted octanol–water partition coefficient (Wildman–Crippen LogP) is 4.57. The van der Waals surface area contributed by atoms with Crippen LogP contribution in [0.2, 0.25) is 0 Å². The van der Waals surface area contributed by atoms with Crippen molar-refractivity contribution in [1.29, 1.82) is 0 Å². The third-order valence-electron chi connectivity index (χ3n) is 4.81. The van der Waals surface area contributed by atoms with Crippen LogP contribution in [0.1, 0.15) is 54.7 Å². The number of benzene rings is 1. The number of ketones is 1. The molecule has 0 amide bonds. The Hall–Kier alpha value is -3.74. The summed E-state index contributed by atoms with van der Waals surface area (Å²) in [6, 6.07) is 11.0. The molecule has 0 saturated heterocycles. The molecule has 36 heavy (non-hydrogen) atoms. The highest BCUT2D eigenvalue weighted by Gasteiger charge is 2.34. The minimum atomic E-state index is -0.994. The number of Topliss-reactive ketones (excluding diaryl/α,β-unsaturated/α-hetero) is 1. The molecule has 0 aliphatic heterocycles. The highest BCUT2D eigenvalue weighted by molar-refractivity contribution is 7.19. The molecule has 2 heterocycles. The van der Waals surface area contributed by atoms with Gasteiger partial charge in [0.1, 0.15) is 10.6 Å². The molecule has 2 N–H and O–H groups in total. The lowest BCUT2D eigenvalue weighted by molar-refractivity contribution is -0.380. The lowest BCUT2D eigenvalue weighted by atomic mass is 9.99. The second-order valence-electron chi connectivity index (χ2n) is 7.28. The number of hydrogen-bond acceptors (Lipinski definition) is 11. The highest BCUT2D eigenvalue weighted by Crippen LogP contribution is 2.38. The van der Waals surface area contributed by atoms with E-state index in [2.05, 4.69) is 4.99 Å². The number of esters is 2. The maximum atomic E-state index is 13.4. The maximum Gasteiger partial charge on any atom is 0.342 e. The molecule has 1 aromatic carbocycles. The summed E-state index contributed by atoms with van der Waals surface area (Å²) in [6.45, 7) is 3.23. The highest BCUT2D eigenvalue weighted by atomic mass is 32.1. The van der Waals surface area contributed by atoms with E-state index < -0.39 is 28.7 Å². The van der Waals surface area contributed by atoms with Crippen molar-refractivity contribution < 1.29 is 28.8 Å². The number of thiophene rings is 2. The van der Waals surface area contributed by atoms with Crippen molar-refractivity contribution in [2.45, 2.75) is 26.3 Å². The number of carbonyl (C=O) groups excluding carboxylic acids is 3. The Morgan fingerprint density at radius 1 is 1.03 bits per heavy atom. The van der Waals surface area contributed by atoms with Crippen molar-refractivity contribution in [3.8, 4) is 0 Å². The van der Waals surface area contributed by atoms with E-state index in [0.717, 1.165) is 28.2 Å². The third-order valence-corrected chi connectivity index (χ3v) is 6.89. The molecule has 0 aliphatic rings. The van der Waals surface area contributed by atoms with E-state index in [9.17, 15) is 24.5 Å². The van der Waals surface area contributed by atoms with Crippen LogP contribution < -0.4 is 5.73 Å². The minimum absolute atomic E-state index is 0.0120. The Morgan fingerprint density at radius 2 is 1.67 bits per heavy atom. The van der Waals surface area contributed by atoms with Crippen molar-refractivity contribution in [2.75, 3.05) is 13.2 Å². The first-order valence-electron chi connectivity index (χ1n) is 10.9. The van der Waals surface area contributed by atoms with Crippen molar-refractivity contribution in [3.63, 3.8) is 0 Å². The van der Waals surface area contributed by atoms with E-state index in [1.165, 1.54) is 18.3 Å². The number of carbonyl (C=O) groups is 3. The first kappa shape index (κ1) is 26.9. The molecule has 12 heteroatoms. The lowest BCUT2D eigenvalue weighted by Crippen LogP contribution is -2.33. The smallest absolute Gasteiger partial charge is 0.342 e. The molecule has 0 spiro atoms. The van der Waals surface area contributed by atoms with Gasteiger partial charge in [0.05, 0.1) is 39.5 Å². The molecule has 1 atom stereocenters. The van der Waals surface area contributed by atoms with Gasteiger partial charge in [-0.2, -0.15) is 0 Å². The first-order chi connectivity index (χ1) is 17.3. The number of hydrogen-bond donors (Lipinski definition) is 1. The molecule has 0 bridgehead atoms. The summed E-state index contributed by atoms with van der Waals surface area (Å²) in [7, 11) is 0. The van der Waals surface area contributed by atoms with E-state index in [-0.39, 0.29) is 45.6 Å². The van der Waals surface area contributed by atoms with E-state index in [0.29, 0.717) is 4.88 Å². The van der Waals surface area contributed by atoms with Gasteiger partial charge in [0.2, 0.25) is 0 Å². The van der Waals surface area contributed by atoms with E-state index >= 15 is 0 Å². The second-order valence-corrected chi connectivity index (χ2v) is 9.37. The molecule has 0 unspecified atom stereocenters. The Balaban J connectivity index is 2.09. The molecule has 3 aromatic rings. The van der Waals surface area contributed by atoms with Gasteiger partial charge in [-0.3, -0.25) is 14.9 Å². The van der Waals surface area contributed by atoms with Crippen molar-refractivity contribution in [1.82, 2.24) is 0 Å². The van der Waals surface area contributed by atoms with E-state index in [1.54, 1.807) is 13.8 Å². The van der Waals surface area contributed by atoms with Crippen LogP contribution in [0, 0.1) is 10.1 Å². The van der Waals surface area contributed by atoms with Crippen molar-refractivity contribution >= 4 is 56.6 Å². The topological polar surface area (TPSA) is 151 Å². The van der Waals surface area contributed by atoms with Crippen molar-refractivity contribution in [2.24, 2.45) is 10.7 Å². The number of nitrogens with zero attached hydrogens (tertiary/aromatic N) is 2. The number of ether oxygens (including phenoxy) is 2. The number of aliphatic imine (C=N–C) groups is 1. The van der Waals surface area contributed by atoms with Gasteiger partial charge < -0.3 is 15.2 Å². The largest absolute Gasteiger partial charge is 0.462 e. The van der Waals surface area contributed by atoms with Crippen LogP contribution in [0.5, 0.6) is 0 Å². The summed E-state index contributed by atoms with van der Waals surface area (Å²) in [5, 5.41) is 10.9. The Labute approximate surface area is 214 Å². The summed E-state index contributed by atoms with van der Waals surface area (Å²) < 4.78 is 10.3. The van der Waals surface area contributed by atoms with Gasteiger partial charge in [0, 0.05) is 12.3 Å². The third kappa shape index (κ3) is 6.27. The molecule has 10 nitrogen and oxygen atoms in total. The standard InChI is InChI=1S/C24H23N3O7S2/c1-3-33-23(29)18-19(24(30)34-4-2)22(26-13-15-10-11-17(35-15)27(31)32)36-21(18)20(28)16(25)12-14-8-6-5-7-9-14/h5-11,13,16H,3-4,12,25H2,1-2H3/t16-/m0/s1. The molecule has 2 aromatic heterocycles. The van der Waals surface area contributed by atoms with Crippen LogP contribution in [-0.2, 0) is 15.9 Å². The van der Waals surface area contributed by atoms with E-state index in [1.807, 2.05) is 30.3 Å². The summed E-state index contributed by atoms with van der Waals surface area (Å²) in [6.07, 6.45) is 1.53. The van der Waals surface area contributed by atoms with E-state index in [4.69, 9.17) is 15.2 Å². The zero-order valence-corrected chi connectivity index (χ0v) is 21.1. The van der Waals surface area contributed by atoms with Gasteiger partial charge in [-0.05, 0) is 31.9 Å².